The van der Waals surface area contributed by atoms with Crippen molar-refractivity contribution in [1.82, 2.24) is 4.90 Å². The van der Waals surface area contributed by atoms with Crippen LogP contribution in [0.15, 0.2) is 47.3 Å². The largest absolute Gasteiger partial charge is 0.465 e. The van der Waals surface area contributed by atoms with Crippen LogP contribution in [0.3, 0.4) is 0 Å². The monoisotopic (exact) mass is 360 g/mol. The Hall–Kier alpha value is -2.76. The molecule has 0 aliphatic rings. The Kier molecular flexibility index (Phi) is 7.01. The van der Waals surface area contributed by atoms with Crippen LogP contribution >= 0.6 is 0 Å². The van der Waals surface area contributed by atoms with E-state index < -0.39 is 11.9 Å². The molecule has 0 amide bonds. The summed E-state index contributed by atoms with van der Waals surface area (Å²) in [6.45, 7) is 6.06. The minimum absolute atomic E-state index is 0.241. The highest BCUT2D eigenvalue weighted by Gasteiger charge is 2.31. The topological polar surface area (TPSA) is 81.9 Å². The van der Waals surface area contributed by atoms with E-state index in [0.717, 1.165) is 11.1 Å². The number of likely N-dealkylation sites (N-methyl/N-ethyl adjacent to an activating group) is 1. The van der Waals surface area contributed by atoms with Crippen LogP contribution in [0.1, 0.15) is 26.3 Å². The van der Waals surface area contributed by atoms with E-state index in [1.807, 2.05) is 51.1 Å². The van der Waals surface area contributed by atoms with E-state index in [2.05, 4.69) is 0 Å². The number of nitrogens with zero attached hydrogens (tertiary/aromatic N) is 1. The van der Waals surface area contributed by atoms with Crippen molar-refractivity contribution in [3.05, 3.63) is 52.9 Å². The third kappa shape index (κ3) is 4.65. The van der Waals surface area contributed by atoms with Crippen LogP contribution in [0.25, 0.3) is 5.57 Å². The van der Waals surface area contributed by atoms with Gasteiger partial charge in [0, 0.05) is 14.1 Å². The molecule has 0 aliphatic carbocycles. The smallest absolute Gasteiger partial charge is 0.347 e. The average molecular weight is 360 g/mol. The van der Waals surface area contributed by atoms with E-state index in [1.54, 1.807) is 19.0 Å². The number of hydrogen-bond acceptors (Lipinski definition) is 6. The summed E-state index contributed by atoms with van der Waals surface area (Å²) >= 11 is 0. The number of rotatable bonds is 5. The lowest BCUT2D eigenvalue weighted by atomic mass is 9.80. The van der Waals surface area contributed by atoms with Gasteiger partial charge in [-0.15, -0.1) is 0 Å². The molecule has 0 fully saturated rings. The van der Waals surface area contributed by atoms with Crippen LogP contribution in [0.4, 0.5) is 0 Å². The first-order valence-corrected chi connectivity index (χ1v) is 8.20. The van der Waals surface area contributed by atoms with Crippen molar-refractivity contribution in [1.29, 1.82) is 0 Å². The van der Waals surface area contributed by atoms with Gasteiger partial charge in [0.25, 0.3) is 0 Å². The lowest BCUT2D eigenvalue weighted by Gasteiger charge is -2.29. The van der Waals surface area contributed by atoms with Crippen LogP contribution in [0.2, 0.25) is 0 Å². The molecular weight excluding hydrogens is 332 g/mol. The first kappa shape index (κ1) is 21.3. The van der Waals surface area contributed by atoms with Crippen LogP contribution in [-0.2, 0) is 19.1 Å². The fourth-order valence-electron chi connectivity index (χ4n) is 2.80. The summed E-state index contributed by atoms with van der Waals surface area (Å²) in [4.78, 5) is 26.2. The predicted octanol–water partition coefficient (Wildman–Crippen LogP) is 2.56. The van der Waals surface area contributed by atoms with Gasteiger partial charge < -0.3 is 20.1 Å². The molecule has 0 aromatic heterocycles. The molecule has 6 heteroatoms. The molecule has 0 radical (unpaired) electrons. The second kappa shape index (κ2) is 8.56. The number of hydrogen-bond donors (Lipinski definition) is 1. The van der Waals surface area contributed by atoms with Crippen molar-refractivity contribution in [3.63, 3.8) is 0 Å². The Morgan fingerprint density at radius 3 is 1.77 bits per heavy atom. The number of methoxy groups -OCH3 is 2. The number of allylic oxidation sites excluding steroid dienone is 1. The van der Waals surface area contributed by atoms with Gasteiger partial charge in [0.2, 0.25) is 0 Å². The van der Waals surface area contributed by atoms with Gasteiger partial charge in [0.05, 0.1) is 25.6 Å². The molecule has 1 rings (SSSR count). The van der Waals surface area contributed by atoms with Gasteiger partial charge in [-0.2, -0.15) is 0 Å². The average Bonchev–Trinajstić information content (AvgIpc) is 2.57. The molecule has 0 saturated heterocycles. The molecule has 0 atom stereocenters. The number of carbonyl (C=O) groups is 2. The summed E-state index contributed by atoms with van der Waals surface area (Å²) in [5.74, 6) is -1.60. The molecule has 0 bridgehead atoms. The Morgan fingerprint density at radius 2 is 1.42 bits per heavy atom. The number of benzene rings is 1. The van der Waals surface area contributed by atoms with Gasteiger partial charge in [0.1, 0.15) is 0 Å². The summed E-state index contributed by atoms with van der Waals surface area (Å²) in [7, 11) is 5.83. The Labute approximate surface area is 155 Å². The van der Waals surface area contributed by atoms with E-state index in [1.165, 1.54) is 14.2 Å². The minimum Gasteiger partial charge on any atom is -0.465 e. The van der Waals surface area contributed by atoms with Crippen molar-refractivity contribution >= 4 is 17.5 Å². The number of carbonyl (C=O) groups excluding carboxylic acids is 2. The van der Waals surface area contributed by atoms with Gasteiger partial charge in [-0.25, -0.2) is 9.59 Å². The number of esters is 2. The lowest BCUT2D eigenvalue weighted by Crippen LogP contribution is -2.29. The van der Waals surface area contributed by atoms with E-state index in [9.17, 15) is 9.59 Å². The Balaban J connectivity index is 3.94. The summed E-state index contributed by atoms with van der Waals surface area (Å²) in [5.41, 5.74) is 8.25. The Bertz CT molecular complexity index is 708. The zero-order valence-electron chi connectivity index (χ0n) is 16.5. The van der Waals surface area contributed by atoms with Gasteiger partial charge >= 0.3 is 11.9 Å². The van der Waals surface area contributed by atoms with Crippen LogP contribution in [0.5, 0.6) is 0 Å². The normalized spacial score (nSPS) is 12.0. The van der Waals surface area contributed by atoms with Crippen molar-refractivity contribution in [2.75, 3.05) is 28.3 Å². The van der Waals surface area contributed by atoms with Gasteiger partial charge in [0.15, 0.2) is 5.57 Å². The molecule has 142 valence electrons. The minimum atomic E-state index is -0.801. The van der Waals surface area contributed by atoms with E-state index in [4.69, 9.17) is 15.2 Å². The molecule has 0 spiro atoms. The molecule has 26 heavy (non-hydrogen) atoms. The van der Waals surface area contributed by atoms with Gasteiger partial charge in [-0.3, -0.25) is 0 Å². The standard InChI is InChI=1S/C20H28N2O4/c1-20(2,3)15(13-11-9-8-10-12-13)16(21)17(22(4)5)14(18(23)25-6)19(24)26-7/h8-12H,21H2,1-7H3/b16-15+. The van der Waals surface area contributed by atoms with E-state index >= 15 is 0 Å². The van der Waals surface area contributed by atoms with Crippen LogP contribution in [-0.4, -0.2) is 45.2 Å². The Morgan fingerprint density at radius 1 is 0.962 bits per heavy atom. The van der Waals surface area contributed by atoms with E-state index in [-0.39, 0.29) is 16.7 Å². The maximum Gasteiger partial charge on any atom is 0.347 e. The molecule has 0 unspecified atom stereocenters. The van der Waals surface area contributed by atoms with Crippen molar-refractivity contribution < 1.29 is 19.1 Å². The molecule has 0 saturated carbocycles. The molecule has 1 aromatic carbocycles. The van der Waals surface area contributed by atoms with Crippen LogP contribution in [0, 0.1) is 5.41 Å². The molecule has 0 heterocycles. The maximum absolute atomic E-state index is 12.3. The summed E-state index contributed by atoms with van der Waals surface area (Å²) in [6, 6.07) is 9.62. The quantitative estimate of drug-likeness (QED) is 0.286. The molecule has 1 aromatic rings. The molecule has 2 N–H and O–H groups in total. The first-order chi connectivity index (χ1) is 12.1. The highest BCUT2D eigenvalue weighted by Crippen LogP contribution is 2.38. The van der Waals surface area contributed by atoms with Crippen molar-refractivity contribution in [2.24, 2.45) is 11.1 Å². The van der Waals surface area contributed by atoms with Gasteiger partial charge in [-0.05, 0) is 16.6 Å². The second-order valence-electron chi connectivity index (χ2n) is 7.01. The SMILES string of the molecule is COC(=O)C(C(=O)OC)=C(/C(N)=C(/c1ccccc1)C(C)(C)C)N(C)C. The molecule has 0 aliphatic heterocycles. The second-order valence-corrected chi connectivity index (χ2v) is 7.01. The zero-order chi connectivity index (χ0) is 20.1. The summed E-state index contributed by atoms with van der Waals surface area (Å²) in [5, 5.41) is 0. The summed E-state index contributed by atoms with van der Waals surface area (Å²) in [6.07, 6.45) is 0. The first-order valence-electron chi connectivity index (χ1n) is 8.20. The fourth-order valence-corrected chi connectivity index (χ4v) is 2.80. The molecular formula is C20H28N2O4. The zero-order valence-corrected chi connectivity index (χ0v) is 16.5. The molecule has 6 nitrogen and oxygen atoms in total. The highest BCUT2D eigenvalue weighted by molar-refractivity contribution is 6.15. The van der Waals surface area contributed by atoms with Crippen molar-refractivity contribution in [3.8, 4) is 0 Å². The number of ether oxygens (including phenoxy) is 2. The fraction of sp³-hybridized carbons (Fsp3) is 0.400. The van der Waals surface area contributed by atoms with E-state index in [0.29, 0.717) is 5.70 Å². The predicted molar refractivity (Wildman–Crippen MR) is 102 cm³/mol. The summed E-state index contributed by atoms with van der Waals surface area (Å²) < 4.78 is 9.57. The third-order valence-electron chi connectivity index (χ3n) is 3.80. The number of nitrogens with two attached hydrogens (primary N) is 1. The highest BCUT2D eigenvalue weighted by atomic mass is 16.5. The van der Waals surface area contributed by atoms with Gasteiger partial charge in [-0.1, -0.05) is 51.1 Å². The van der Waals surface area contributed by atoms with Crippen LogP contribution < -0.4 is 5.73 Å². The lowest BCUT2D eigenvalue weighted by molar-refractivity contribution is -0.144. The third-order valence-corrected chi connectivity index (χ3v) is 3.80. The maximum atomic E-state index is 12.3. The van der Waals surface area contributed by atoms with Crippen molar-refractivity contribution in [2.45, 2.75) is 20.8 Å².